The second kappa shape index (κ2) is 7.35. The molecule has 0 bridgehead atoms. The summed E-state index contributed by atoms with van der Waals surface area (Å²) in [5, 5.41) is 19.9. The van der Waals surface area contributed by atoms with E-state index in [0.717, 1.165) is 42.9 Å². The van der Waals surface area contributed by atoms with E-state index in [2.05, 4.69) is 14.8 Å². The quantitative estimate of drug-likeness (QED) is 0.735. The van der Waals surface area contributed by atoms with E-state index < -0.39 is 6.10 Å². The van der Waals surface area contributed by atoms with Crippen molar-refractivity contribution in [3.63, 3.8) is 0 Å². The number of piperazine rings is 1. The van der Waals surface area contributed by atoms with Crippen LogP contribution in [0.15, 0.2) is 54.9 Å². The predicted molar refractivity (Wildman–Crippen MR) is 102 cm³/mol. The third kappa shape index (κ3) is 3.66. The molecule has 6 heteroatoms. The zero-order chi connectivity index (χ0) is 17.9. The average molecular weight is 352 g/mol. The Bertz CT molecular complexity index is 854. The minimum atomic E-state index is -0.423. The number of fused-ring (bicyclic) bond motifs is 1. The maximum Gasteiger partial charge on any atom is 0.115 e. The van der Waals surface area contributed by atoms with Crippen LogP contribution in [0, 0.1) is 0 Å². The van der Waals surface area contributed by atoms with E-state index in [1.807, 2.05) is 41.0 Å². The molecule has 1 saturated heterocycles. The summed E-state index contributed by atoms with van der Waals surface area (Å²) < 4.78 is 2.02. The minimum absolute atomic E-state index is 0.294. The van der Waals surface area contributed by atoms with Gasteiger partial charge >= 0.3 is 0 Å². The molecule has 1 unspecified atom stereocenters. The van der Waals surface area contributed by atoms with Crippen molar-refractivity contribution in [2.24, 2.45) is 0 Å². The lowest BCUT2D eigenvalue weighted by atomic mass is 10.2. The van der Waals surface area contributed by atoms with Crippen LogP contribution >= 0.6 is 0 Å². The normalized spacial score (nSPS) is 16.9. The Kier molecular flexibility index (Phi) is 4.77. The van der Waals surface area contributed by atoms with Crippen LogP contribution < -0.4 is 4.90 Å². The van der Waals surface area contributed by atoms with Crippen molar-refractivity contribution in [1.29, 1.82) is 0 Å². The van der Waals surface area contributed by atoms with E-state index in [9.17, 15) is 10.2 Å². The summed E-state index contributed by atoms with van der Waals surface area (Å²) in [6.45, 7) is 4.90. The molecule has 0 spiro atoms. The number of nitrogens with zero attached hydrogens (tertiary/aromatic N) is 4. The van der Waals surface area contributed by atoms with Crippen LogP contribution in [0.1, 0.15) is 0 Å². The first-order chi connectivity index (χ1) is 12.7. The summed E-state index contributed by atoms with van der Waals surface area (Å²) in [5.74, 6) is 0.294. The Balaban J connectivity index is 1.30. The molecule has 1 aliphatic rings. The van der Waals surface area contributed by atoms with Gasteiger partial charge in [-0.1, -0.05) is 12.1 Å². The SMILES string of the molecule is Oc1ccc(N2CCN(CC(O)Cn3cnc4ccccc43)CC2)cc1. The second-order valence-electron chi connectivity index (χ2n) is 6.84. The summed E-state index contributed by atoms with van der Waals surface area (Å²) >= 11 is 0. The van der Waals surface area contributed by atoms with Crippen molar-refractivity contribution in [1.82, 2.24) is 14.5 Å². The molecular weight excluding hydrogens is 328 g/mol. The van der Waals surface area contributed by atoms with Gasteiger partial charge in [-0.15, -0.1) is 0 Å². The lowest BCUT2D eigenvalue weighted by molar-refractivity contribution is 0.0959. The molecular formula is C20H24N4O2. The summed E-state index contributed by atoms with van der Waals surface area (Å²) in [7, 11) is 0. The molecule has 1 aromatic heterocycles. The van der Waals surface area contributed by atoms with E-state index in [1.165, 1.54) is 0 Å². The zero-order valence-corrected chi connectivity index (χ0v) is 14.7. The van der Waals surface area contributed by atoms with Gasteiger partial charge in [0, 0.05) is 38.4 Å². The van der Waals surface area contributed by atoms with Gasteiger partial charge in [0.25, 0.3) is 0 Å². The van der Waals surface area contributed by atoms with Gasteiger partial charge in [-0.05, 0) is 36.4 Å². The van der Waals surface area contributed by atoms with E-state index in [1.54, 1.807) is 18.5 Å². The van der Waals surface area contributed by atoms with Gasteiger partial charge < -0.3 is 19.7 Å². The summed E-state index contributed by atoms with van der Waals surface area (Å²) in [4.78, 5) is 9.00. The molecule has 6 nitrogen and oxygen atoms in total. The number of rotatable bonds is 5. The van der Waals surface area contributed by atoms with Crippen molar-refractivity contribution in [2.75, 3.05) is 37.6 Å². The third-order valence-corrected chi connectivity index (χ3v) is 4.99. The highest BCUT2D eigenvalue weighted by Gasteiger charge is 2.20. The maximum atomic E-state index is 10.5. The van der Waals surface area contributed by atoms with Crippen molar-refractivity contribution < 1.29 is 10.2 Å². The fraction of sp³-hybridized carbons (Fsp3) is 0.350. The first-order valence-electron chi connectivity index (χ1n) is 9.03. The number of anilines is 1. The van der Waals surface area contributed by atoms with E-state index in [-0.39, 0.29) is 0 Å². The number of β-amino-alcohol motifs (C(OH)–C–C–N with tert-alkyl or cyclic N) is 1. The molecule has 1 atom stereocenters. The molecule has 4 rings (SSSR count). The number of imidazole rings is 1. The third-order valence-electron chi connectivity index (χ3n) is 4.99. The standard InChI is InChI=1S/C20H24N4O2/c25-17-7-5-16(6-8-17)23-11-9-22(10-12-23)13-18(26)14-24-15-21-19-3-1-2-4-20(19)24/h1-8,15,18,25-26H,9-14H2. The summed E-state index contributed by atoms with van der Waals surface area (Å²) in [5.41, 5.74) is 3.15. The Labute approximate surface area is 152 Å². The van der Waals surface area contributed by atoms with E-state index in [4.69, 9.17) is 0 Å². The number of para-hydroxylation sites is 2. The van der Waals surface area contributed by atoms with E-state index in [0.29, 0.717) is 18.8 Å². The number of aromatic nitrogens is 2. The molecule has 2 N–H and O–H groups in total. The number of hydrogen-bond acceptors (Lipinski definition) is 5. The number of aromatic hydroxyl groups is 1. The number of phenolic OH excluding ortho intramolecular Hbond substituents is 1. The molecule has 2 heterocycles. The molecule has 1 aliphatic heterocycles. The molecule has 1 fully saturated rings. The molecule has 0 radical (unpaired) electrons. The van der Waals surface area contributed by atoms with Gasteiger partial charge in [-0.25, -0.2) is 4.98 Å². The van der Waals surface area contributed by atoms with Crippen molar-refractivity contribution in [3.05, 3.63) is 54.9 Å². The van der Waals surface area contributed by atoms with Crippen LogP contribution in [0.3, 0.4) is 0 Å². The smallest absolute Gasteiger partial charge is 0.115 e. The Morgan fingerprint density at radius 3 is 2.42 bits per heavy atom. The van der Waals surface area contributed by atoms with Crippen LogP contribution in [0.25, 0.3) is 11.0 Å². The molecule has 2 aromatic carbocycles. The largest absolute Gasteiger partial charge is 0.508 e. The summed E-state index contributed by atoms with van der Waals surface area (Å²) in [6, 6.07) is 15.3. The first-order valence-corrected chi connectivity index (χ1v) is 9.03. The van der Waals surface area contributed by atoms with Crippen LogP contribution in [-0.2, 0) is 6.54 Å². The number of phenols is 1. The molecule has 0 amide bonds. The lowest BCUT2D eigenvalue weighted by Crippen LogP contribution is -2.49. The number of benzene rings is 2. The molecule has 26 heavy (non-hydrogen) atoms. The fourth-order valence-corrected chi connectivity index (χ4v) is 3.59. The van der Waals surface area contributed by atoms with Crippen LogP contribution in [0.4, 0.5) is 5.69 Å². The van der Waals surface area contributed by atoms with Gasteiger partial charge in [0.05, 0.1) is 30.0 Å². The Morgan fingerprint density at radius 1 is 0.923 bits per heavy atom. The summed E-state index contributed by atoms with van der Waals surface area (Å²) in [6.07, 6.45) is 1.38. The highest BCUT2D eigenvalue weighted by molar-refractivity contribution is 5.74. The Hall–Kier alpha value is -2.57. The first kappa shape index (κ1) is 16.9. The minimum Gasteiger partial charge on any atom is -0.508 e. The maximum absolute atomic E-state index is 10.5. The topological polar surface area (TPSA) is 64.8 Å². The fourth-order valence-electron chi connectivity index (χ4n) is 3.59. The van der Waals surface area contributed by atoms with Crippen molar-refractivity contribution in [2.45, 2.75) is 12.6 Å². The van der Waals surface area contributed by atoms with E-state index >= 15 is 0 Å². The van der Waals surface area contributed by atoms with Crippen molar-refractivity contribution >= 4 is 16.7 Å². The highest BCUT2D eigenvalue weighted by Crippen LogP contribution is 2.20. The molecule has 0 aliphatic carbocycles. The van der Waals surface area contributed by atoms with Gasteiger partial charge in [0.2, 0.25) is 0 Å². The highest BCUT2D eigenvalue weighted by atomic mass is 16.3. The average Bonchev–Trinajstić information content (AvgIpc) is 3.06. The number of aliphatic hydroxyl groups excluding tert-OH is 1. The number of hydrogen-bond donors (Lipinski definition) is 2. The predicted octanol–water partition coefficient (Wildman–Crippen LogP) is 1.93. The van der Waals surface area contributed by atoms with Gasteiger partial charge in [-0.3, -0.25) is 4.90 Å². The zero-order valence-electron chi connectivity index (χ0n) is 14.7. The number of aliphatic hydroxyl groups is 1. The monoisotopic (exact) mass is 352 g/mol. The van der Waals surface area contributed by atoms with Gasteiger partial charge in [0.1, 0.15) is 5.75 Å². The van der Waals surface area contributed by atoms with Gasteiger partial charge in [0.15, 0.2) is 0 Å². The van der Waals surface area contributed by atoms with Gasteiger partial charge in [-0.2, -0.15) is 0 Å². The molecule has 0 saturated carbocycles. The van der Waals surface area contributed by atoms with Crippen LogP contribution in [0.2, 0.25) is 0 Å². The second-order valence-corrected chi connectivity index (χ2v) is 6.84. The Morgan fingerprint density at radius 2 is 1.65 bits per heavy atom. The van der Waals surface area contributed by atoms with Crippen molar-refractivity contribution in [3.8, 4) is 5.75 Å². The molecule has 3 aromatic rings. The lowest BCUT2D eigenvalue weighted by Gasteiger charge is -2.37. The van der Waals surface area contributed by atoms with Crippen LogP contribution in [0.5, 0.6) is 5.75 Å². The van der Waals surface area contributed by atoms with Crippen LogP contribution in [-0.4, -0.2) is 63.5 Å². The molecule has 136 valence electrons.